The molecule has 0 radical (unpaired) electrons. The molecule has 0 aromatic heterocycles. The molecular formula is C17H22N2O2. The van der Waals surface area contributed by atoms with Gasteiger partial charge >= 0.3 is 0 Å². The number of carbonyl (C=O) groups excluding carboxylic acids is 1. The molecule has 1 aromatic carbocycles. The molecule has 0 spiro atoms. The van der Waals surface area contributed by atoms with Gasteiger partial charge in [0, 0.05) is 30.8 Å². The zero-order valence-electron chi connectivity index (χ0n) is 12.7. The Balaban J connectivity index is 2.00. The Morgan fingerprint density at radius 3 is 3.05 bits per heavy atom. The van der Waals surface area contributed by atoms with Crippen LogP contribution in [0.25, 0.3) is 0 Å². The first kappa shape index (κ1) is 15.6. The summed E-state index contributed by atoms with van der Waals surface area (Å²) in [6.07, 6.45) is 6.43. The minimum atomic E-state index is 0.0326. The number of carbonyl (C=O) groups is 1. The Morgan fingerprint density at radius 2 is 2.33 bits per heavy atom. The first-order valence-corrected chi connectivity index (χ1v) is 7.22. The summed E-state index contributed by atoms with van der Waals surface area (Å²) in [4.78, 5) is 16.5. The van der Waals surface area contributed by atoms with Crippen molar-refractivity contribution in [3.05, 3.63) is 35.4 Å². The van der Waals surface area contributed by atoms with Crippen LogP contribution >= 0.6 is 0 Å². The molecule has 0 bridgehead atoms. The molecule has 1 aliphatic rings. The average Bonchev–Trinajstić information content (AvgIpc) is 2.52. The Labute approximate surface area is 126 Å². The summed E-state index contributed by atoms with van der Waals surface area (Å²) >= 11 is 0. The lowest BCUT2D eigenvalue weighted by Crippen LogP contribution is -2.46. The van der Waals surface area contributed by atoms with Gasteiger partial charge in [0.2, 0.25) is 0 Å². The largest absolute Gasteiger partial charge is 0.374 e. The van der Waals surface area contributed by atoms with Crippen molar-refractivity contribution in [3.63, 3.8) is 0 Å². The number of hydrogen-bond donors (Lipinski definition) is 0. The van der Waals surface area contributed by atoms with Crippen molar-refractivity contribution >= 4 is 5.91 Å². The highest BCUT2D eigenvalue weighted by Crippen LogP contribution is 2.14. The van der Waals surface area contributed by atoms with Crippen LogP contribution in [0.1, 0.15) is 22.3 Å². The van der Waals surface area contributed by atoms with Crippen LogP contribution in [-0.4, -0.2) is 62.1 Å². The molecule has 0 N–H and O–H groups in total. The van der Waals surface area contributed by atoms with Crippen molar-refractivity contribution in [2.45, 2.75) is 12.5 Å². The molecule has 1 atom stereocenters. The molecule has 1 fully saturated rings. The van der Waals surface area contributed by atoms with Gasteiger partial charge in [-0.2, -0.15) is 0 Å². The van der Waals surface area contributed by atoms with E-state index in [2.05, 4.69) is 10.8 Å². The Hall–Kier alpha value is -1.83. The summed E-state index contributed by atoms with van der Waals surface area (Å²) in [7, 11) is 4.08. The van der Waals surface area contributed by atoms with E-state index in [9.17, 15) is 4.79 Å². The lowest BCUT2D eigenvalue weighted by Gasteiger charge is -2.33. The van der Waals surface area contributed by atoms with Gasteiger partial charge in [0.05, 0.1) is 12.7 Å². The van der Waals surface area contributed by atoms with E-state index in [4.69, 9.17) is 11.2 Å². The summed E-state index contributed by atoms with van der Waals surface area (Å²) in [5, 5.41) is 0. The van der Waals surface area contributed by atoms with Gasteiger partial charge in [-0.25, -0.2) is 0 Å². The number of terminal acetylenes is 1. The fourth-order valence-electron chi connectivity index (χ4n) is 2.41. The van der Waals surface area contributed by atoms with Crippen LogP contribution in [-0.2, 0) is 4.74 Å². The maximum absolute atomic E-state index is 12.5. The first-order valence-electron chi connectivity index (χ1n) is 7.22. The normalized spacial score (nSPS) is 18.6. The number of hydrogen-bond acceptors (Lipinski definition) is 3. The van der Waals surface area contributed by atoms with Crippen molar-refractivity contribution < 1.29 is 9.53 Å². The van der Waals surface area contributed by atoms with E-state index in [-0.39, 0.29) is 12.0 Å². The summed E-state index contributed by atoms with van der Waals surface area (Å²) < 4.78 is 5.74. The van der Waals surface area contributed by atoms with Gasteiger partial charge in [-0.1, -0.05) is 12.0 Å². The third kappa shape index (κ3) is 4.32. The lowest BCUT2D eigenvalue weighted by atomic mass is 10.1. The highest BCUT2D eigenvalue weighted by atomic mass is 16.5. The van der Waals surface area contributed by atoms with E-state index in [1.807, 2.05) is 37.2 Å². The minimum absolute atomic E-state index is 0.0326. The van der Waals surface area contributed by atoms with E-state index in [1.54, 1.807) is 6.07 Å². The Morgan fingerprint density at radius 1 is 1.52 bits per heavy atom. The number of nitrogens with zero attached hydrogens (tertiary/aromatic N) is 2. The smallest absolute Gasteiger partial charge is 0.254 e. The molecule has 4 heteroatoms. The Kier molecular flexibility index (Phi) is 5.38. The van der Waals surface area contributed by atoms with Gasteiger partial charge in [-0.3, -0.25) is 4.79 Å². The SMILES string of the molecule is C#Cc1cccc(C(=O)N2CCO[C@@H](CCN(C)C)C2)c1. The zero-order chi connectivity index (χ0) is 15.2. The standard InChI is InChI=1S/C17H22N2O2/c1-4-14-6-5-7-15(12-14)17(20)19-10-11-21-16(13-19)8-9-18(2)3/h1,5-7,12,16H,8-11,13H2,2-3H3/t16-/m0/s1. The molecule has 1 heterocycles. The van der Waals surface area contributed by atoms with Gasteiger partial charge < -0.3 is 14.5 Å². The first-order chi connectivity index (χ1) is 10.1. The molecule has 1 aromatic rings. The van der Waals surface area contributed by atoms with Crippen LogP contribution in [0.2, 0.25) is 0 Å². The second-order valence-electron chi connectivity index (χ2n) is 5.56. The van der Waals surface area contributed by atoms with Crippen LogP contribution in [0.3, 0.4) is 0 Å². The predicted octanol–water partition coefficient (Wildman–Crippen LogP) is 1.46. The van der Waals surface area contributed by atoms with Crippen LogP contribution in [0.15, 0.2) is 24.3 Å². The van der Waals surface area contributed by atoms with E-state index < -0.39 is 0 Å². The van der Waals surface area contributed by atoms with Crippen molar-refractivity contribution in [2.75, 3.05) is 40.3 Å². The third-order valence-corrected chi connectivity index (χ3v) is 3.60. The number of benzene rings is 1. The molecule has 21 heavy (non-hydrogen) atoms. The third-order valence-electron chi connectivity index (χ3n) is 3.60. The monoisotopic (exact) mass is 286 g/mol. The van der Waals surface area contributed by atoms with Gasteiger partial charge in [0.25, 0.3) is 5.91 Å². The summed E-state index contributed by atoms with van der Waals surface area (Å²) in [5.74, 6) is 2.60. The van der Waals surface area contributed by atoms with E-state index in [1.165, 1.54) is 0 Å². The fraction of sp³-hybridized carbons (Fsp3) is 0.471. The molecule has 0 saturated carbocycles. The fourth-order valence-corrected chi connectivity index (χ4v) is 2.41. The molecule has 1 saturated heterocycles. The summed E-state index contributed by atoms with van der Waals surface area (Å²) in [6, 6.07) is 7.24. The quantitative estimate of drug-likeness (QED) is 0.786. The summed E-state index contributed by atoms with van der Waals surface area (Å²) in [6.45, 7) is 2.84. The highest BCUT2D eigenvalue weighted by molar-refractivity contribution is 5.94. The van der Waals surface area contributed by atoms with Gasteiger partial charge in [0.1, 0.15) is 0 Å². The van der Waals surface area contributed by atoms with Crippen molar-refractivity contribution in [2.24, 2.45) is 0 Å². The van der Waals surface area contributed by atoms with E-state index in [0.29, 0.717) is 25.3 Å². The van der Waals surface area contributed by atoms with Crippen LogP contribution in [0.4, 0.5) is 0 Å². The van der Waals surface area contributed by atoms with Gasteiger partial charge in [-0.05, 0) is 38.7 Å². The lowest BCUT2D eigenvalue weighted by molar-refractivity contribution is -0.0269. The zero-order valence-corrected chi connectivity index (χ0v) is 12.7. The van der Waals surface area contributed by atoms with E-state index >= 15 is 0 Å². The molecule has 0 aliphatic carbocycles. The molecule has 1 amide bonds. The van der Waals surface area contributed by atoms with Crippen LogP contribution in [0, 0.1) is 12.3 Å². The number of amides is 1. The molecular weight excluding hydrogens is 264 g/mol. The average molecular weight is 286 g/mol. The van der Waals surface area contributed by atoms with E-state index in [0.717, 1.165) is 18.5 Å². The van der Waals surface area contributed by atoms with Crippen molar-refractivity contribution in [1.29, 1.82) is 0 Å². The number of ether oxygens (including phenoxy) is 1. The maximum atomic E-state index is 12.5. The molecule has 0 unspecified atom stereocenters. The van der Waals surface area contributed by atoms with Crippen LogP contribution < -0.4 is 0 Å². The highest BCUT2D eigenvalue weighted by Gasteiger charge is 2.25. The van der Waals surface area contributed by atoms with Crippen molar-refractivity contribution in [1.82, 2.24) is 9.80 Å². The van der Waals surface area contributed by atoms with Crippen molar-refractivity contribution in [3.8, 4) is 12.3 Å². The number of rotatable bonds is 4. The summed E-state index contributed by atoms with van der Waals surface area (Å²) in [5.41, 5.74) is 1.39. The number of morpholine rings is 1. The molecule has 4 nitrogen and oxygen atoms in total. The second-order valence-corrected chi connectivity index (χ2v) is 5.56. The molecule has 1 aliphatic heterocycles. The predicted molar refractivity (Wildman–Crippen MR) is 83.2 cm³/mol. The molecule has 2 rings (SSSR count). The van der Waals surface area contributed by atoms with Crippen LogP contribution in [0.5, 0.6) is 0 Å². The maximum Gasteiger partial charge on any atom is 0.254 e. The van der Waals surface area contributed by atoms with Gasteiger partial charge in [-0.15, -0.1) is 6.42 Å². The Bertz CT molecular complexity index is 534. The second kappa shape index (κ2) is 7.26. The molecule has 112 valence electrons. The topological polar surface area (TPSA) is 32.8 Å². The minimum Gasteiger partial charge on any atom is -0.374 e. The van der Waals surface area contributed by atoms with Gasteiger partial charge in [0.15, 0.2) is 0 Å².